The molecule has 7 heteroatoms. The van der Waals surface area contributed by atoms with Gasteiger partial charge in [-0.2, -0.15) is 0 Å². The Morgan fingerprint density at radius 1 is 1.21 bits per heavy atom. The van der Waals surface area contributed by atoms with E-state index in [1.807, 2.05) is 31.2 Å². The van der Waals surface area contributed by atoms with E-state index in [1.54, 1.807) is 30.0 Å². The monoisotopic (exact) mass is 480 g/mol. The second-order valence-electron chi connectivity index (χ2n) is 6.70. The molecule has 0 saturated heterocycles. The Kier molecular flexibility index (Phi) is 9.67. The minimum absolute atomic E-state index is 0.148. The van der Waals surface area contributed by atoms with E-state index in [0.717, 1.165) is 16.5 Å². The van der Waals surface area contributed by atoms with Crippen molar-refractivity contribution in [1.82, 2.24) is 10.2 Å². The van der Waals surface area contributed by atoms with Crippen molar-refractivity contribution >= 4 is 39.5 Å². The number of carbonyl (C=O) groups excluding carboxylic acids is 2. The lowest BCUT2D eigenvalue weighted by Gasteiger charge is -2.29. The molecule has 2 aromatic carbocycles. The molecule has 0 aliphatic carbocycles. The number of nitrogens with one attached hydrogen (secondary N) is 1. The fraction of sp³-hybridized carbons (Fsp3) is 0.364. The van der Waals surface area contributed by atoms with Crippen LogP contribution in [0.25, 0.3) is 0 Å². The summed E-state index contributed by atoms with van der Waals surface area (Å²) in [4.78, 5) is 27.0. The molecular formula is C22H26BrFN2O2S. The molecule has 29 heavy (non-hydrogen) atoms. The van der Waals surface area contributed by atoms with Crippen molar-refractivity contribution in [1.29, 1.82) is 0 Å². The highest BCUT2D eigenvalue weighted by Gasteiger charge is 2.25. The SMILES string of the molecule is CCCNC(=O)C(C)N(Cc1cccc(Br)c1)C(=O)CSCc1ccccc1F. The number of hydrogen-bond donors (Lipinski definition) is 1. The molecule has 0 aromatic heterocycles. The number of thioether (sulfide) groups is 1. The van der Waals surface area contributed by atoms with Crippen molar-refractivity contribution in [3.8, 4) is 0 Å². The number of hydrogen-bond acceptors (Lipinski definition) is 3. The van der Waals surface area contributed by atoms with Crippen LogP contribution < -0.4 is 5.32 Å². The molecule has 1 unspecified atom stereocenters. The first-order valence-electron chi connectivity index (χ1n) is 9.55. The van der Waals surface area contributed by atoms with E-state index in [2.05, 4.69) is 21.2 Å². The number of rotatable bonds is 10. The van der Waals surface area contributed by atoms with E-state index in [4.69, 9.17) is 0 Å². The summed E-state index contributed by atoms with van der Waals surface area (Å²) >= 11 is 4.79. The predicted molar refractivity (Wildman–Crippen MR) is 120 cm³/mol. The van der Waals surface area contributed by atoms with Crippen LogP contribution in [-0.4, -0.2) is 35.1 Å². The quantitative estimate of drug-likeness (QED) is 0.532. The number of benzene rings is 2. The zero-order chi connectivity index (χ0) is 21.2. The molecule has 0 spiro atoms. The zero-order valence-electron chi connectivity index (χ0n) is 16.7. The average molecular weight is 481 g/mol. The van der Waals surface area contributed by atoms with Gasteiger partial charge in [0.05, 0.1) is 5.75 Å². The van der Waals surface area contributed by atoms with Gasteiger partial charge in [0.25, 0.3) is 0 Å². The molecule has 2 amide bonds. The topological polar surface area (TPSA) is 49.4 Å². The van der Waals surface area contributed by atoms with Crippen LogP contribution in [0.5, 0.6) is 0 Å². The Morgan fingerprint density at radius 2 is 1.97 bits per heavy atom. The van der Waals surface area contributed by atoms with Crippen LogP contribution in [0.1, 0.15) is 31.4 Å². The third-order valence-electron chi connectivity index (χ3n) is 4.40. The van der Waals surface area contributed by atoms with Crippen molar-refractivity contribution in [3.63, 3.8) is 0 Å². The van der Waals surface area contributed by atoms with Gasteiger partial charge in [-0.25, -0.2) is 4.39 Å². The fourth-order valence-electron chi connectivity index (χ4n) is 2.76. The van der Waals surface area contributed by atoms with Crippen LogP contribution in [0, 0.1) is 5.82 Å². The van der Waals surface area contributed by atoms with Crippen LogP contribution in [0.4, 0.5) is 4.39 Å². The van der Waals surface area contributed by atoms with Gasteiger partial charge < -0.3 is 10.2 Å². The number of carbonyl (C=O) groups is 2. The molecule has 0 bridgehead atoms. The number of halogens is 2. The molecule has 0 aliphatic heterocycles. The molecule has 4 nitrogen and oxygen atoms in total. The molecule has 0 fully saturated rings. The standard InChI is InChI=1S/C22H26BrFN2O2S/c1-3-11-25-22(28)16(2)26(13-17-7-6-9-19(23)12-17)21(27)15-29-14-18-8-4-5-10-20(18)24/h4-10,12,16H,3,11,13-15H2,1-2H3,(H,25,28). The maximum Gasteiger partial charge on any atom is 0.242 e. The fourth-order valence-corrected chi connectivity index (χ4v) is 4.10. The lowest BCUT2D eigenvalue weighted by atomic mass is 10.1. The van der Waals surface area contributed by atoms with E-state index in [9.17, 15) is 14.0 Å². The minimum Gasteiger partial charge on any atom is -0.354 e. The maximum atomic E-state index is 13.8. The highest BCUT2D eigenvalue weighted by Crippen LogP contribution is 2.19. The molecule has 1 atom stereocenters. The van der Waals surface area contributed by atoms with Gasteiger partial charge in [0.1, 0.15) is 11.9 Å². The van der Waals surface area contributed by atoms with E-state index in [0.29, 0.717) is 24.4 Å². The van der Waals surface area contributed by atoms with E-state index >= 15 is 0 Å². The van der Waals surface area contributed by atoms with Gasteiger partial charge in [-0.15, -0.1) is 11.8 Å². The highest BCUT2D eigenvalue weighted by molar-refractivity contribution is 9.10. The third-order valence-corrected chi connectivity index (χ3v) is 5.86. The van der Waals surface area contributed by atoms with Crippen LogP contribution >= 0.6 is 27.7 Å². The summed E-state index contributed by atoms with van der Waals surface area (Å²) < 4.78 is 14.7. The maximum absolute atomic E-state index is 13.8. The van der Waals surface area contributed by atoms with Gasteiger partial charge >= 0.3 is 0 Å². The Hall–Kier alpha value is -1.86. The Balaban J connectivity index is 2.07. The summed E-state index contributed by atoms with van der Waals surface area (Å²) in [6, 6.07) is 13.6. The molecule has 0 radical (unpaired) electrons. The first kappa shape index (κ1) is 23.4. The smallest absolute Gasteiger partial charge is 0.242 e. The first-order valence-corrected chi connectivity index (χ1v) is 11.5. The van der Waals surface area contributed by atoms with E-state index < -0.39 is 6.04 Å². The molecule has 0 aliphatic rings. The lowest BCUT2D eigenvalue weighted by molar-refractivity contribution is -0.138. The summed E-state index contributed by atoms with van der Waals surface area (Å²) in [5, 5.41) is 2.86. The molecular weight excluding hydrogens is 455 g/mol. The first-order chi connectivity index (χ1) is 13.9. The van der Waals surface area contributed by atoms with Crippen LogP contribution in [0.3, 0.4) is 0 Å². The lowest BCUT2D eigenvalue weighted by Crippen LogP contribution is -2.48. The normalized spacial score (nSPS) is 11.7. The molecule has 1 N–H and O–H groups in total. The predicted octanol–water partition coefficient (Wildman–Crippen LogP) is 4.76. The summed E-state index contributed by atoms with van der Waals surface area (Å²) in [7, 11) is 0. The summed E-state index contributed by atoms with van der Waals surface area (Å²) in [6.07, 6.45) is 0.830. The molecule has 0 heterocycles. The van der Waals surface area contributed by atoms with Crippen LogP contribution in [0.15, 0.2) is 53.0 Å². The average Bonchev–Trinajstić information content (AvgIpc) is 2.71. The number of amides is 2. The van der Waals surface area contributed by atoms with E-state index in [1.165, 1.54) is 17.8 Å². The van der Waals surface area contributed by atoms with Gasteiger partial charge in [-0.1, -0.05) is 53.2 Å². The van der Waals surface area contributed by atoms with Crippen LogP contribution in [0.2, 0.25) is 0 Å². The van der Waals surface area contributed by atoms with Crippen molar-refractivity contribution in [2.45, 2.75) is 38.6 Å². The van der Waals surface area contributed by atoms with Gasteiger partial charge in [-0.05, 0) is 42.7 Å². The van der Waals surface area contributed by atoms with Gasteiger partial charge in [0.15, 0.2) is 0 Å². The zero-order valence-corrected chi connectivity index (χ0v) is 19.1. The van der Waals surface area contributed by atoms with Crippen molar-refractivity contribution in [2.24, 2.45) is 0 Å². The minimum atomic E-state index is -0.595. The third kappa shape index (κ3) is 7.48. The second kappa shape index (κ2) is 12.0. The number of nitrogens with zero attached hydrogens (tertiary/aromatic N) is 1. The summed E-state index contributed by atoms with van der Waals surface area (Å²) in [6.45, 7) is 4.63. The highest BCUT2D eigenvalue weighted by atomic mass is 79.9. The summed E-state index contributed by atoms with van der Waals surface area (Å²) in [5.74, 6) is -0.0154. The largest absolute Gasteiger partial charge is 0.354 e. The van der Waals surface area contributed by atoms with Crippen LogP contribution in [-0.2, 0) is 21.9 Å². The molecule has 0 saturated carbocycles. The Morgan fingerprint density at radius 3 is 2.66 bits per heavy atom. The van der Waals surface area contributed by atoms with Gasteiger partial charge in [0.2, 0.25) is 11.8 Å². The Labute approximate surface area is 184 Å². The summed E-state index contributed by atoms with van der Waals surface area (Å²) in [5.41, 5.74) is 1.50. The molecule has 2 rings (SSSR count). The van der Waals surface area contributed by atoms with Crippen molar-refractivity contribution < 1.29 is 14.0 Å². The Bertz CT molecular complexity index is 834. The molecule has 156 valence electrons. The van der Waals surface area contributed by atoms with E-state index in [-0.39, 0.29) is 23.4 Å². The second-order valence-corrected chi connectivity index (χ2v) is 8.60. The van der Waals surface area contributed by atoms with Gasteiger partial charge in [-0.3, -0.25) is 9.59 Å². The van der Waals surface area contributed by atoms with Crippen molar-refractivity contribution in [3.05, 3.63) is 69.9 Å². The molecule has 2 aromatic rings. The van der Waals surface area contributed by atoms with Gasteiger partial charge in [0, 0.05) is 23.3 Å². The van der Waals surface area contributed by atoms with Crippen molar-refractivity contribution in [2.75, 3.05) is 12.3 Å².